The third kappa shape index (κ3) is 3.37. The summed E-state index contributed by atoms with van der Waals surface area (Å²) in [5.74, 6) is -0.125. The standard InChI is InChI=1S/C14H17FN2S/c1-10-11(2)18-14(17-10)9-16-8-7-12-5-3-4-6-13(12)15/h3-6,16H,7-9H2,1-2H3. The Labute approximate surface area is 111 Å². The smallest absolute Gasteiger partial charge is 0.126 e. The Balaban J connectivity index is 1.78. The molecule has 0 atom stereocenters. The van der Waals surface area contributed by atoms with Gasteiger partial charge in [0.1, 0.15) is 10.8 Å². The normalized spacial score (nSPS) is 10.8. The minimum absolute atomic E-state index is 0.125. The van der Waals surface area contributed by atoms with E-state index in [1.165, 1.54) is 10.9 Å². The molecule has 2 rings (SSSR count). The van der Waals surface area contributed by atoms with Gasteiger partial charge in [0.15, 0.2) is 0 Å². The second-order valence-electron chi connectivity index (χ2n) is 4.27. The van der Waals surface area contributed by atoms with Gasteiger partial charge >= 0.3 is 0 Å². The maximum atomic E-state index is 13.4. The molecule has 0 spiro atoms. The van der Waals surface area contributed by atoms with Gasteiger partial charge in [0.2, 0.25) is 0 Å². The van der Waals surface area contributed by atoms with Gasteiger partial charge < -0.3 is 5.32 Å². The summed E-state index contributed by atoms with van der Waals surface area (Å²) in [7, 11) is 0. The van der Waals surface area contributed by atoms with Crippen LogP contribution in [0.15, 0.2) is 24.3 Å². The highest BCUT2D eigenvalue weighted by molar-refractivity contribution is 7.11. The zero-order valence-electron chi connectivity index (χ0n) is 10.7. The molecule has 0 saturated carbocycles. The van der Waals surface area contributed by atoms with E-state index in [1.54, 1.807) is 17.4 Å². The van der Waals surface area contributed by atoms with Gasteiger partial charge in [-0.3, -0.25) is 0 Å². The lowest BCUT2D eigenvalue weighted by molar-refractivity contribution is 0.597. The number of hydrogen-bond donors (Lipinski definition) is 1. The van der Waals surface area contributed by atoms with Crippen LogP contribution in [0.2, 0.25) is 0 Å². The summed E-state index contributed by atoms with van der Waals surface area (Å²) in [6.07, 6.45) is 0.704. The third-order valence-electron chi connectivity index (χ3n) is 2.88. The first-order chi connectivity index (χ1) is 8.66. The number of aryl methyl sites for hydroxylation is 2. The molecule has 0 unspecified atom stereocenters. The molecule has 2 aromatic rings. The second-order valence-corrected chi connectivity index (χ2v) is 5.56. The van der Waals surface area contributed by atoms with Gasteiger partial charge in [-0.2, -0.15) is 0 Å². The molecular weight excluding hydrogens is 247 g/mol. The van der Waals surface area contributed by atoms with Gasteiger partial charge in [-0.15, -0.1) is 11.3 Å². The third-order valence-corrected chi connectivity index (χ3v) is 3.95. The maximum absolute atomic E-state index is 13.4. The zero-order valence-corrected chi connectivity index (χ0v) is 11.5. The minimum Gasteiger partial charge on any atom is -0.310 e. The fourth-order valence-corrected chi connectivity index (χ4v) is 2.64. The van der Waals surface area contributed by atoms with Gasteiger partial charge in [0.25, 0.3) is 0 Å². The molecule has 0 aliphatic rings. The highest BCUT2D eigenvalue weighted by atomic mass is 32.1. The van der Waals surface area contributed by atoms with Gasteiger partial charge in [-0.1, -0.05) is 18.2 Å². The van der Waals surface area contributed by atoms with Crippen molar-refractivity contribution in [3.63, 3.8) is 0 Å². The summed E-state index contributed by atoms with van der Waals surface area (Å²) in [6, 6.07) is 6.91. The van der Waals surface area contributed by atoms with Crippen molar-refractivity contribution in [2.24, 2.45) is 0 Å². The Morgan fingerprint density at radius 1 is 1.28 bits per heavy atom. The summed E-state index contributed by atoms with van der Waals surface area (Å²) in [6.45, 7) is 5.62. The van der Waals surface area contributed by atoms with E-state index >= 15 is 0 Å². The van der Waals surface area contributed by atoms with E-state index in [0.29, 0.717) is 6.42 Å². The predicted molar refractivity (Wildman–Crippen MR) is 73.4 cm³/mol. The van der Waals surface area contributed by atoms with E-state index in [9.17, 15) is 4.39 Å². The van der Waals surface area contributed by atoms with Crippen LogP contribution in [0.5, 0.6) is 0 Å². The van der Waals surface area contributed by atoms with Crippen LogP contribution in [0.1, 0.15) is 21.1 Å². The van der Waals surface area contributed by atoms with Crippen molar-refractivity contribution in [3.8, 4) is 0 Å². The van der Waals surface area contributed by atoms with Crippen LogP contribution in [0.4, 0.5) is 4.39 Å². The average Bonchev–Trinajstić information content (AvgIpc) is 2.66. The van der Waals surface area contributed by atoms with E-state index in [2.05, 4.69) is 17.2 Å². The van der Waals surface area contributed by atoms with Crippen molar-refractivity contribution in [3.05, 3.63) is 51.2 Å². The number of halogens is 1. The number of rotatable bonds is 5. The highest BCUT2D eigenvalue weighted by Gasteiger charge is 2.03. The fourth-order valence-electron chi connectivity index (χ4n) is 1.73. The summed E-state index contributed by atoms with van der Waals surface area (Å²) < 4.78 is 13.4. The van der Waals surface area contributed by atoms with Crippen LogP contribution >= 0.6 is 11.3 Å². The van der Waals surface area contributed by atoms with Crippen molar-refractivity contribution in [1.82, 2.24) is 10.3 Å². The van der Waals surface area contributed by atoms with Crippen LogP contribution in [0, 0.1) is 19.7 Å². The molecule has 0 fully saturated rings. The van der Waals surface area contributed by atoms with Crippen LogP contribution in [-0.4, -0.2) is 11.5 Å². The van der Waals surface area contributed by atoms with E-state index in [4.69, 9.17) is 0 Å². The topological polar surface area (TPSA) is 24.9 Å². The lowest BCUT2D eigenvalue weighted by Crippen LogP contribution is -2.17. The largest absolute Gasteiger partial charge is 0.310 e. The molecule has 2 nitrogen and oxygen atoms in total. The molecule has 1 aromatic heterocycles. The van der Waals surface area contributed by atoms with E-state index in [0.717, 1.165) is 29.4 Å². The molecular formula is C14H17FN2S. The molecule has 0 saturated heterocycles. The van der Waals surface area contributed by atoms with Gasteiger partial charge in [0, 0.05) is 11.4 Å². The quantitative estimate of drug-likeness (QED) is 0.839. The van der Waals surface area contributed by atoms with Crippen LogP contribution in [0.25, 0.3) is 0 Å². The van der Waals surface area contributed by atoms with Crippen molar-refractivity contribution in [2.75, 3.05) is 6.54 Å². The molecule has 0 bridgehead atoms. The van der Waals surface area contributed by atoms with Gasteiger partial charge in [-0.25, -0.2) is 9.37 Å². The second kappa shape index (κ2) is 6.07. The van der Waals surface area contributed by atoms with Gasteiger partial charge in [-0.05, 0) is 38.4 Å². The first-order valence-electron chi connectivity index (χ1n) is 6.04. The Kier molecular flexibility index (Phi) is 4.44. The summed E-state index contributed by atoms with van der Waals surface area (Å²) >= 11 is 1.72. The molecule has 1 N–H and O–H groups in total. The van der Waals surface area contributed by atoms with E-state index in [-0.39, 0.29) is 5.82 Å². The number of aromatic nitrogens is 1. The van der Waals surface area contributed by atoms with Crippen LogP contribution in [0.3, 0.4) is 0 Å². The SMILES string of the molecule is Cc1nc(CNCCc2ccccc2F)sc1C. The summed E-state index contributed by atoms with van der Waals surface area (Å²) in [5, 5.41) is 4.40. The predicted octanol–water partition coefficient (Wildman–Crippen LogP) is 3.23. The lowest BCUT2D eigenvalue weighted by atomic mass is 10.1. The first-order valence-corrected chi connectivity index (χ1v) is 6.85. The molecule has 96 valence electrons. The number of nitrogens with zero attached hydrogens (tertiary/aromatic N) is 1. The molecule has 4 heteroatoms. The monoisotopic (exact) mass is 264 g/mol. The van der Waals surface area contributed by atoms with Gasteiger partial charge in [0.05, 0.1) is 5.69 Å². The van der Waals surface area contributed by atoms with Crippen LogP contribution in [-0.2, 0) is 13.0 Å². The summed E-state index contributed by atoms with van der Waals surface area (Å²) in [4.78, 5) is 5.72. The Morgan fingerprint density at radius 3 is 2.72 bits per heavy atom. The highest BCUT2D eigenvalue weighted by Crippen LogP contribution is 2.15. The summed E-state index contributed by atoms with van der Waals surface area (Å²) in [5.41, 5.74) is 1.86. The van der Waals surface area contributed by atoms with E-state index in [1.807, 2.05) is 19.1 Å². The number of hydrogen-bond acceptors (Lipinski definition) is 3. The molecule has 0 amide bonds. The Bertz CT molecular complexity index is 503. The molecule has 18 heavy (non-hydrogen) atoms. The molecule has 0 aliphatic heterocycles. The van der Waals surface area contributed by atoms with Crippen molar-refractivity contribution < 1.29 is 4.39 Å². The number of benzene rings is 1. The molecule has 1 aromatic carbocycles. The van der Waals surface area contributed by atoms with Crippen molar-refractivity contribution in [2.45, 2.75) is 26.8 Å². The van der Waals surface area contributed by atoms with E-state index < -0.39 is 0 Å². The maximum Gasteiger partial charge on any atom is 0.126 e. The van der Waals surface area contributed by atoms with Crippen molar-refractivity contribution >= 4 is 11.3 Å². The number of nitrogens with one attached hydrogen (secondary N) is 1. The molecule has 0 radical (unpaired) electrons. The Hall–Kier alpha value is -1.26. The van der Waals surface area contributed by atoms with Crippen LogP contribution < -0.4 is 5.32 Å². The zero-order chi connectivity index (χ0) is 13.0. The first kappa shape index (κ1) is 13.2. The molecule has 0 aliphatic carbocycles. The molecule has 1 heterocycles. The lowest BCUT2D eigenvalue weighted by Gasteiger charge is -2.04. The number of thiazole rings is 1. The minimum atomic E-state index is -0.125. The van der Waals surface area contributed by atoms with Crippen molar-refractivity contribution in [1.29, 1.82) is 0 Å². The average molecular weight is 264 g/mol. The Morgan fingerprint density at radius 2 is 2.06 bits per heavy atom. The fraction of sp³-hybridized carbons (Fsp3) is 0.357.